The first-order valence-electron chi connectivity index (χ1n) is 7.82. The Morgan fingerprint density at radius 2 is 2.18 bits per heavy atom. The first kappa shape index (κ1) is 16.5. The summed E-state index contributed by atoms with van der Waals surface area (Å²) in [5.41, 5.74) is 8.57. The highest BCUT2D eigenvalue weighted by atomic mass is 16.6. The molecule has 0 saturated carbocycles. The Morgan fingerprint density at radius 1 is 1.45 bits per heavy atom. The van der Waals surface area contributed by atoms with Crippen LogP contribution >= 0.6 is 0 Å². The number of alkyl carbamates (subject to hydrolysis) is 1. The maximum Gasteiger partial charge on any atom is 0.407 e. The van der Waals surface area contributed by atoms with Crippen LogP contribution in [-0.2, 0) is 4.74 Å². The molecule has 1 amide bonds. The Kier molecular flexibility index (Phi) is 4.84. The minimum atomic E-state index is -0.452. The summed E-state index contributed by atoms with van der Waals surface area (Å²) in [5.74, 6) is 0.449. The molecule has 0 spiro atoms. The number of nitrogens with one attached hydrogen (secondary N) is 1. The summed E-state index contributed by atoms with van der Waals surface area (Å²) in [4.78, 5) is 14.1. The van der Waals surface area contributed by atoms with Crippen molar-refractivity contribution in [2.45, 2.75) is 39.7 Å². The number of aryl methyl sites for hydroxylation is 1. The molecule has 0 radical (unpaired) electrons. The Labute approximate surface area is 132 Å². The van der Waals surface area contributed by atoms with Gasteiger partial charge in [0.05, 0.1) is 0 Å². The number of carbonyl (C=O) groups excluding carboxylic acids is 1. The molecule has 0 bridgehead atoms. The van der Waals surface area contributed by atoms with Gasteiger partial charge in [0.25, 0.3) is 0 Å². The number of anilines is 2. The van der Waals surface area contributed by atoms with E-state index in [2.05, 4.69) is 23.2 Å². The van der Waals surface area contributed by atoms with Crippen LogP contribution in [0.3, 0.4) is 0 Å². The fraction of sp³-hybridized carbons (Fsp3) is 0.588. The summed E-state index contributed by atoms with van der Waals surface area (Å²) in [6, 6.07) is 6.02. The molecule has 5 heteroatoms. The standard InChI is InChI=1S/C17H27N3O2/c1-12-9-14(18)5-6-15(12)20-8-7-13(11-20)10-19-16(21)22-17(2,3)4/h5-6,9,13H,7-8,10-11,18H2,1-4H3,(H,19,21). The molecule has 3 N–H and O–H groups in total. The van der Waals surface area contributed by atoms with Crippen LogP contribution in [0.15, 0.2) is 18.2 Å². The van der Waals surface area contributed by atoms with Crippen molar-refractivity contribution in [2.75, 3.05) is 30.3 Å². The van der Waals surface area contributed by atoms with Crippen molar-refractivity contribution in [3.05, 3.63) is 23.8 Å². The number of nitrogens with two attached hydrogens (primary N) is 1. The van der Waals surface area contributed by atoms with Gasteiger partial charge >= 0.3 is 6.09 Å². The fourth-order valence-corrected chi connectivity index (χ4v) is 2.79. The van der Waals surface area contributed by atoms with Crippen LogP contribution < -0.4 is 16.0 Å². The van der Waals surface area contributed by atoms with E-state index in [1.54, 1.807) is 0 Å². The summed E-state index contributed by atoms with van der Waals surface area (Å²) in [6.45, 7) is 10.3. The average molecular weight is 305 g/mol. The molecule has 22 heavy (non-hydrogen) atoms. The Morgan fingerprint density at radius 3 is 2.82 bits per heavy atom. The van der Waals surface area contributed by atoms with Crippen LogP contribution in [0.5, 0.6) is 0 Å². The number of hydrogen-bond donors (Lipinski definition) is 2. The summed E-state index contributed by atoms with van der Waals surface area (Å²) in [5, 5.41) is 2.87. The molecule has 2 rings (SSSR count). The molecule has 5 nitrogen and oxygen atoms in total. The van der Waals surface area contributed by atoms with Crippen molar-refractivity contribution in [2.24, 2.45) is 5.92 Å². The highest BCUT2D eigenvalue weighted by molar-refractivity contribution is 5.67. The van der Waals surface area contributed by atoms with Gasteiger partial charge in [0.1, 0.15) is 5.60 Å². The summed E-state index contributed by atoms with van der Waals surface area (Å²) >= 11 is 0. The molecule has 1 unspecified atom stereocenters. The number of carbonyl (C=O) groups is 1. The Hall–Kier alpha value is -1.91. The molecular weight excluding hydrogens is 278 g/mol. The van der Waals surface area contributed by atoms with Crippen molar-refractivity contribution in [3.63, 3.8) is 0 Å². The molecule has 1 saturated heterocycles. The van der Waals surface area contributed by atoms with E-state index in [0.29, 0.717) is 12.5 Å². The van der Waals surface area contributed by atoms with Gasteiger partial charge in [0.2, 0.25) is 0 Å². The largest absolute Gasteiger partial charge is 0.444 e. The molecule has 1 atom stereocenters. The molecule has 1 fully saturated rings. The summed E-state index contributed by atoms with van der Waals surface area (Å²) < 4.78 is 5.26. The minimum absolute atomic E-state index is 0.338. The third-order valence-electron chi connectivity index (χ3n) is 3.78. The van der Waals surface area contributed by atoms with E-state index in [9.17, 15) is 4.79 Å². The van der Waals surface area contributed by atoms with Crippen LogP contribution in [0.4, 0.5) is 16.2 Å². The van der Waals surface area contributed by atoms with Gasteiger partial charge in [0.15, 0.2) is 0 Å². The third-order valence-corrected chi connectivity index (χ3v) is 3.78. The van der Waals surface area contributed by atoms with Crippen LogP contribution in [0, 0.1) is 12.8 Å². The van der Waals surface area contributed by atoms with Crippen molar-refractivity contribution >= 4 is 17.5 Å². The molecule has 0 aromatic heterocycles. The van der Waals surface area contributed by atoms with Gasteiger partial charge in [-0.25, -0.2) is 4.79 Å². The zero-order chi connectivity index (χ0) is 16.3. The quantitative estimate of drug-likeness (QED) is 0.843. The molecule has 0 aliphatic carbocycles. The van der Waals surface area contributed by atoms with Crippen LogP contribution in [-0.4, -0.2) is 31.3 Å². The SMILES string of the molecule is Cc1cc(N)ccc1N1CCC(CNC(=O)OC(C)(C)C)C1. The summed E-state index contributed by atoms with van der Waals surface area (Å²) in [6.07, 6.45) is 0.731. The molecule has 1 heterocycles. The molecule has 1 aliphatic rings. The van der Waals surface area contributed by atoms with Crippen molar-refractivity contribution < 1.29 is 9.53 Å². The minimum Gasteiger partial charge on any atom is -0.444 e. The first-order valence-corrected chi connectivity index (χ1v) is 7.82. The van der Waals surface area contributed by atoms with E-state index in [0.717, 1.165) is 25.2 Å². The highest BCUT2D eigenvalue weighted by Crippen LogP contribution is 2.27. The lowest BCUT2D eigenvalue weighted by atomic mass is 10.1. The Balaban J connectivity index is 1.84. The van der Waals surface area contributed by atoms with Gasteiger partial charge in [-0.3, -0.25) is 0 Å². The van der Waals surface area contributed by atoms with E-state index in [-0.39, 0.29) is 6.09 Å². The summed E-state index contributed by atoms with van der Waals surface area (Å²) in [7, 11) is 0. The maximum absolute atomic E-state index is 11.7. The predicted octanol–water partition coefficient (Wildman–Crippen LogP) is 2.93. The van der Waals surface area contributed by atoms with E-state index in [4.69, 9.17) is 10.5 Å². The van der Waals surface area contributed by atoms with Crippen molar-refractivity contribution in [1.29, 1.82) is 0 Å². The van der Waals surface area contributed by atoms with Crippen molar-refractivity contribution in [3.8, 4) is 0 Å². The number of rotatable bonds is 3. The predicted molar refractivity (Wildman–Crippen MR) is 90.1 cm³/mol. The lowest BCUT2D eigenvalue weighted by Crippen LogP contribution is -2.36. The van der Waals surface area contributed by atoms with Crippen LogP contribution in [0.2, 0.25) is 0 Å². The molecule has 1 aromatic carbocycles. The monoisotopic (exact) mass is 305 g/mol. The lowest BCUT2D eigenvalue weighted by Gasteiger charge is -2.22. The van der Waals surface area contributed by atoms with E-state index >= 15 is 0 Å². The number of amides is 1. The van der Waals surface area contributed by atoms with E-state index < -0.39 is 5.60 Å². The number of hydrogen-bond acceptors (Lipinski definition) is 4. The van der Waals surface area contributed by atoms with Crippen molar-refractivity contribution in [1.82, 2.24) is 5.32 Å². The number of benzene rings is 1. The smallest absolute Gasteiger partial charge is 0.407 e. The fourth-order valence-electron chi connectivity index (χ4n) is 2.79. The zero-order valence-corrected chi connectivity index (χ0v) is 14.0. The van der Waals surface area contributed by atoms with Crippen LogP contribution in [0.1, 0.15) is 32.8 Å². The maximum atomic E-state index is 11.7. The number of nitrogens with zero attached hydrogens (tertiary/aromatic N) is 1. The van der Waals surface area contributed by atoms with Gasteiger partial charge in [-0.2, -0.15) is 0 Å². The van der Waals surface area contributed by atoms with Gasteiger partial charge in [0, 0.05) is 31.0 Å². The average Bonchev–Trinajstić information content (AvgIpc) is 2.83. The zero-order valence-electron chi connectivity index (χ0n) is 14.0. The van der Waals surface area contributed by atoms with Gasteiger partial charge < -0.3 is 20.7 Å². The van der Waals surface area contributed by atoms with E-state index in [1.807, 2.05) is 32.9 Å². The number of nitrogen functional groups attached to an aromatic ring is 1. The van der Waals surface area contributed by atoms with Gasteiger partial charge in [-0.05, 0) is 63.8 Å². The van der Waals surface area contributed by atoms with Crippen LogP contribution in [0.25, 0.3) is 0 Å². The second kappa shape index (κ2) is 6.46. The molecule has 122 valence electrons. The van der Waals surface area contributed by atoms with Gasteiger partial charge in [-0.15, -0.1) is 0 Å². The first-order chi connectivity index (χ1) is 10.2. The second-order valence-electron chi connectivity index (χ2n) is 7.03. The molecular formula is C17H27N3O2. The third kappa shape index (κ3) is 4.55. The topological polar surface area (TPSA) is 67.6 Å². The Bertz CT molecular complexity index is 537. The number of ether oxygens (including phenoxy) is 1. The normalized spacial score (nSPS) is 18.4. The molecule has 1 aromatic rings. The lowest BCUT2D eigenvalue weighted by molar-refractivity contribution is 0.0520. The molecule has 1 aliphatic heterocycles. The second-order valence-corrected chi connectivity index (χ2v) is 7.03. The van der Waals surface area contributed by atoms with Gasteiger partial charge in [-0.1, -0.05) is 0 Å². The highest BCUT2D eigenvalue weighted by Gasteiger charge is 2.25. The van der Waals surface area contributed by atoms with E-state index in [1.165, 1.54) is 11.3 Å².